The highest BCUT2D eigenvalue weighted by Crippen LogP contribution is 2.23. The maximum absolute atomic E-state index is 5.45. The minimum atomic E-state index is 0.425. The summed E-state index contributed by atoms with van der Waals surface area (Å²) in [5, 5.41) is 4.33. The summed E-state index contributed by atoms with van der Waals surface area (Å²) in [5.74, 6) is 2.51. The number of benzene rings is 1. The summed E-state index contributed by atoms with van der Waals surface area (Å²) in [6, 6.07) is 5.75. The van der Waals surface area contributed by atoms with Crippen LogP contribution in [0.3, 0.4) is 0 Å². The van der Waals surface area contributed by atoms with E-state index in [1.54, 1.807) is 13.3 Å². The zero-order chi connectivity index (χ0) is 20.1. The lowest BCUT2D eigenvalue weighted by atomic mass is 10.2. The number of nitrogens with zero attached hydrogens (tertiary/aromatic N) is 6. The van der Waals surface area contributed by atoms with Gasteiger partial charge >= 0.3 is 0 Å². The molecule has 2 aliphatic rings. The third kappa shape index (κ3) is 4.94. The van der Waals surface area contributed by atoms with E-state index in [1.165, 1.54) is 0 Å². The van der Waals surface area contributed by atoms with Gasteiger partial charge in [0.1, 0.15) is 5.75 Å². The van der Waals surface area contributed by atoms with Crippen LogP contribution in [0.5, 0.6) is 5.75 Å². The number of anilines is 3. The summed E-state index contributed by atoms with van der Waals surface area (Å²) in [4.78, 5) is 18.2. The van der Waals surface area contributed by atoms with E-state index in [2.05, 4.69) is 46.2 Å². The number of morpholine rings is 1. The normalized spacial score (nSPS) is 17.2. The Morgan fingerprint density at radius 1 is 1.07 bits per heavy atom. The molecule has 2 aliphatic heterocycles. The first kappa shape index (κ1) is 19.8. The molecule has 0 saturated carbocycles. The number of hydrogen-bond acceptors (Lipinski definition) is 9. The van der Waals surface area contributed by atoms with E-state index in [9.17, 15) is 0 Å². The Balaban J connectivity index is 1.57. The van der Waals surface area contributed by atoms with Gasteiger partial charge in [0.05, 0.1) is 26.5 Å². The molecule has 9 nitrogen and oxygen atoms in total. The highest BCUT2D eigenvalue weighted by Gasteiger charge is 2.21. The lowest BCUT2D eigenvalue weighted by Crippen LogP contribution is -2.38. The first-order valence-electron chi connectivity index (χ1n) is 9.69. The average molecular weight is 462 g/mol. The number of hydrogen-bond donors (Lipinski definition) is 1. The largest absolute Gasteiger partial charge is 0.496 e. The Bertz CT molecular complexity index is 868. The van der Waals surface area contributed by atoms with Gasteiger partial charge in [0.25, 0.3) is 0 Å². The van der Waals surface area contributed by atoms with Crippen LogP contribution < -0.4 is 20.0 Å². The molecule has 2 aromatic rings. The number of rotatable bonds is 6. The zero-order valence-corrected chi connectivity index (χ0v) is 17.9. The summed E-state index contributed by atoms with van der Waals surface area (Å²) >= 11 is 3.47. The summed E-state index contributed by atoms with van der Waals surface area (Å²) in [6.07, 6.45) is 4.00. The third-order valence-electron chi connectivity index (χ3n) is 4.85. The number of ether oxygens (including phenoxy) is 2. The van der Waals surface area contributed by atoms with Crippen molar-refractivity contribution < 1.29 is 9.47 Å². The van der Waals surface area contributed by atoms with Gasteiger partial charge in [-0.25, -0.2) is 5.43 Å². The molecule has 154 valence electrons. The Labute approximate surface area is 178 Å². The third-order valence-corrected chi connectivity index (χ3v) is 5.35. The monoisotopic (exact) mass is 461 g/mol. The second kappa shape index (κ2) is 9.36. The highest BCUT2D eigenvalue weighted by molar-refractivity contribution is 9.10. The van der Waals surface area contributed by atoms with Crippen LogP contribution in [0.25, 0.3) is 0 Å². The molecular formula is C19H24BrN7O2. The molecule has 29 heavy (non-hydrogen) atoms. The smallest absolute Gasteiger partial charge is 0.250 e. The van der Waals surface area contributed by atoms with Crippen molar-refractivity contribution in [3.8, 4) is 5.75 Å². The van der Waals surface area contributed by atoms with Crippen molar-refractivity contribution in [3.05, 3.63) is 28.2 Å². The molecule has 10 heteroatoms. The standard InChI is InChI=1S/C19H24BrN7O2/c1-28-16-5-4-15(20)12-14(16)13-21-25-17-22-18(26-6-2-3-7-26)24-19(23-17)27-8-10-29-11-9-27/h4-5,12-13H,2-3,6-11H2,1H3,(H,22,23,24,25)/b21-13+. The molecule has 0 amide bonds. The maximum Gasteiger partial charge on any atom is 0.250 e. The molecule has 4 rings (SSSR count). The van der Waals surface area contributed by atoms with Crippen molar-refractivity contribution in [1.29, 1.82) is 0 Å². The van der Waals surface area contributed by atoms with Crippen molar-refractivity contribution in [1.82, 2.24) is 15.0 Å². The molecule has 3 heterocycles. The molecule has 0 atom stereocenters. The van der Waals surface area contributed by atoms with Crippen molar-refractivity contribution in [2.45, 2.75) is 12.8 Å². The highest BCUT2D eigenvalue weighted by atomic mass is 79.9. The summed E-state index contributed by atoms with van der Waals surface area (Å²) < 4.78 is 11.8. The van der Waals surface area contributed by atoms with Crippen LogP contribution in [0, 0.1) is 0 Å². The summed E-state index contributed by atoms with van der Waals surface area (Å²) in [5.41, 5.74) is 3.80. The van der Waals surface area contributed by atoms with Gasteiger partial charge in [0.2, 0.25) is 17.8 Å². The van der Waals surface area contributed by atoms with Crippen molar-refractivity contribution in [3.63, 3.8) is 0 Å². The predicted molar refractivity (Wildman–Crippen MR) is 116 cm³/mol. The van der Waals surface area contributed by atoms with Gasteiger partial charge in [-0.1, -0.05) is 15.9 Å². The van der Waals surface area contributed by atoms with Gasteiger partial charge < -0.3 is 19.3 Å². The minimum Gasteiger partial charge on any atom is -0.496 e. The molecule has 0 spiro atoms. The van der Waals surface area contributed by atoms with Crippen molar-refractivity contribution in [2.75, 3.05) is 61.7 Å². The average Bonchev–Trinajstić information content (AvgIpc) is 3.29. The van der Waals surface area contributed by atoms with E-state index < -0.39 is 0 Å². The van der Waals surface area contributed by atoms with Gasteiger partial charge in [-0.3, -0.25) is 0 Å². The molecular weight excluding hydrogens is 438 g/mol. The second-order valence-corrected chi connectivity index (χ2v) is 7.72. The first-order valence-corrected chi connectivity index (χ1v) is 10.5. The topological polar surface area (TPSA) is 88.0 Å². The number of halogens is 1. The van der Waals surface area contributed by atoms with Crippen LogP contribution in [-0.2, 0) is 4.74 Å². The summed E-state index contributed by atoms with van der Waals surface area (Å²) in [7, 11) is 1.64. The molecule has 0 unspecified atom stereocenters. The van der Waals surface area contributed by atoms with Crippen molar-refractivity contribution in [2.24, 2.45) is 5.10 Å². The van der Waals surface area contributed by atoms with Gasteiger partial charge in [-0.15, -0.1) is 0 Å². The van der Waals surface area contributed by atoms with Gasteiger partial charge in [0, 0.05) is 36.2 Å². The first-order chi connectivity index (χ1) is 14.2. The van der Waals surface area contributed by atoms with E-state index in [4.69, 9.17) is 14.5 Å². The van der Waals surface area contributed by atoms with Crippen LogP contribution in [0.1, 0.15) is 18.4 Å². The fourth-order valence-corrected chi connectivity index (χ4v) is 3.71. The van der Waals surface area contributed by atoms with Crippen LogP contribution >= 0.6 is 15.9 Å². The predicted octanol–water partition coefficient (Wildman–Crippen LogP) is 2.53. The molecule has 2 fully saturated rings. The molecule has 0 aliphatic carbocycles. The molecule has 0 radical (unpaired) electrons. The second-order valence-electron chi connectivity index (χ2n) is 6.81. The Hall–Kier alpha value is -2.46. The quantitative estimate of drug-likeness (QED) is 0.518. The molecule has 1 aromatic carbocycles. The summed E-state index contributed by atoms with van der Waals surface area (Å²) in [6.45, 7) is 4.81. The Morgan fingerprint density at radius 2 is 1.76 bits per heavy atom. The fraction of sp³-hybridized carbons (Fsp3) is 0.474. The molecule has 2 saturated heterocycles. The number of aromatic nitrogens is 3. The zero-order valence-electron chi connectivity index (χ0n) is 16.3. The van der Waals surface area contributed by atoms with Crippen LogP contribution in [0.2, 0.25) is 0 Å². The van der Waals surface area contributed by atoms with Crippen LogP contribution in [0.15, 0.2) is 27.8 Å². The molecule has 1 N–H and O–H groups in total. The fourth-order valence-electron chi connectivity index (χ4n) is 3.33. The Kier molecular flexibility index (Phi) is 6.40. The molecule has 1 aromatic heterocycles. The van der Waals surface area contributed by atoms with Gasteiger partial charge in [-0.05, 0) is 31.0 Å². The minimum absolute atomic E-state index is 0.425. The molecule has 0 bridgehead atoms. The van der Waals surface area contributed by atoms with Crippen molar-refractivity contribution >= 4 is 40.0 Å². The van der Waals surface area contributed by atoms with Crippen LogP contribution in [0.4, 0.5) is 17.8 Å². The lowest BCUT2D eigenvalue weighted by Gasteiger charge is -2.27. The van der Waals surface area contributed by atoms with E-state index in [1.807, 2.05) is 18.2 Å². The Morgan fingerprint density at radius 3 is 2.45 bits per heavy atom. The number of methoxy groups -OCH3 is 1. The SMILES string of the molecule is COc1ccc(Br)cc1/C=N/Nc1nc(N2CCCC2)nc(N2CCOCC2)n1. The number of hydrazone groups is 1. The van der Waals surface area contributed by atoms with E-state index in [0.29, 0.717) is 31.1 Å². The lowest BCUT2D eigenvalue weighted by molar-refractivity contribution is 0.122. The van der Waals surface area contributed by atoms with Crippen LogP contribution in [-0.4, -0.2) is 67.7 Å². The van der Waals surface area contributed by atoms with E-state index in [-0.39, 0.29) is 0 Å². The van der Waals surface area contributed by atoms with Gasteiger partial charge in [0.15, 0.2) is 0 Å². The number of nitrogens with one attached hydrogen (secondary N) is 1. The van der Waals surface area contributed by atoms with E-state index >= 15 is 0 Å². The van der Waals surface area contributed by atoms with Gasteiger partial charge in [-0.2, -0.15) is 20.1 Å². The van der Waals surface area contributed by atoms with E-state index in [0.717, 1.165) is 54.8 Å². The maximum atomic E-state index is 5.45.